The van der Waals surface area contributed by atoms with Crippen LogP contribution in [0.4, 0.5) is 0 Å². The highest BCUT2D eigenvalue weighted by atomic mass is 16.4. The van der Waals surface area contributed by atoms with Gasteiger partial charge in [0.15, 0.2) is 0 Å². The molecule has 0 bridgehead atoms. The van der Waals surface area contributed by atoms with E-state index >= 15 is 0 Å². The molecule has 0 spiro atoms. The van der Waals surface area contributed by atoms with Gasteiger partial charge in [0, 0.05) is 13.0 Å². The van der Waals surface area contributed by atoms with Crippen LogP contribution in [0, 0.1) is 0 Å². The van der Waals surface area contributed by atoms with Crippen LogP contribution in [0.15, 0.2) is 30.3 Å². The molecule has 2 rings (SSSR count). The zero-order chi connectivity index (χ0) is 14.5. The predicted octanol–water partition coefficient (Wildman–Crippen LogP) is 2.65. The first kappa shape index (κ1) is 14.6. The van der Waals surface area contributed by atoms with E-state index in [1.807, 2.05) is 30.3 Å². The summed E-state index contributed by atoms with van der Waals surface area (Å²) in [6.07, 6.45) is 2.62. The molecular weight excluding hydrogens is 254 g/mol. The van der Waals surface area contributed by atoms with Crippen molar-refractivity contribution in [1.82, 2.24) is 4.90 Å². The number of carboxylic acid groups (broad SMARTS) is 1. The normalized spacial score (nSPS) is 19.9. The maximum absolute atomic E-state index is 12.4. The van der Waals surface area contributed by atoms with E-state index in [2.05, 4.69) is 6.92 Å². The molecule has 0 radical (unpaired) electrons. The molecule has 1 fully saturated rings. The molecule has 0 aromatic heterocycles. The number of carbonyl (C=O) groups is 2. The van der Waals surface area contributed by atoms with Crippen LogP contribution in [-0.2, 0) is 9.59 Å². The number of amides is 1. The van der Waals surface area contributed by atoms with Crippen molar-refractivity contribution < 1.29 is 14.7 Å². The van der Waals surface area contributed by atoms with Gasteiger partial charge < -0.3 is 10.0 Å². The molecule has 1 aromatic rings. The molecule has 2 unspecified atom stereocenters. The minimum Gasteiger partial charge on any atom is -0.480 e. The highest BCUT2D eigenvalue weighted by Gasteiger charge is 2.34. The van der Waals surface area contributed by atoms with E-state index in [0.717, 1.165) is 18.4 Å². The molecule has 1 aromatic carbocycles. The highest BCUT2D eigenvalue weighted by molar-refractivity contribution is 5.84. The van der Waals surface area contributed by atoms with E-state index < -0.39 is 12.0 Å². The largest absolute Gasteiger partial charge is 0.480 e. The molecule has 1 amide bonds. The smallest absolute Gasteiger partial charge is 0.326 e. The van der Waals surface area contributed by atoms with Gasteiger partial charge in [0.05, 0.1) is 0 Å². The highest BCUT2D eigenvalue weighted by Crippen LogP contribution is 2.26. The van der Waals surface area contributed by atoms with E-state index in [4.69, 9.17) is 5.11 Å². The SMILES string of the molecule is CCC(CC(=O)N1CCCC1C(=O)O)c1ccccc1. The third-order valence-corrected chi connectivity index (χ3v) is 4.04. The zero-order valence-corrected chi connectivity index (χ0v) is 11.8. The fraction of sp³-hybridized carbons (Fsp3) is 0.500. The summed E-state index contributed by atoms with van der Waals surface area (Å²) in [6.45, 7) is 2.63. The Labute approximate surface area is 119 Å². The van der Waals surface area contributed by atoms with Gasteiger partial charge in [0.1, 0.15) is 6.04 Å². The van der Waals surface area contributed by atoms with E-state index in [1.165, 1.54) is 4.90 Å². The van der Waals surface area contributed by atoms with Crippen molar-refractivity contribution >= 4 is 11.9 Å². The number of rotatable bonds is 5. The van der Waals surface area contributed by atoms with Crippen LogP contribution in [0.2, 0.25) is 0 Å². The first-order chi connectivity index (χ1) is 9.63. The Kier molecular flexibility index (Phi) is 4.77. The minimum atomic E-state index is -0.886. The molecule has 20 heavy (non-hydrogen) atoms. The third-order valence-electron chi connectivity index (χ3n) is 4.04. The van der Waals surface area contributed by atoms with Gasteiger partial charge in [-0.1, -0.05) is 37.3 Å². The molecule has 1 aliphatic heterocycles. The van der Waals surface area contributed by atoms with Crippen molar-refractivity contribution in [2.45, 2.75) is 44.6 Å². The van der Waals surface area contributed by atoms with Crippen molar-refractivity contribution in [2.75, 3.05) is 6.54 Å². The van der Waals surface area contributed by atoms with Gasteiger partial charge in [-0.05, 0) is 30.7 Å². The van der Waals surface area contributed by atoms with Crippen LogP contribution in [0.5, 0.6) is 0 Å². The van der Waals surface area contributed by atoms with E-state index in [1.54, 1.807) is 0 Å². The number of carboxylic acids is 1. The molecule has 4 nitrogen and oxygen atoms in total. The summed E-state index contributed by atoms with van der Waals surface area (Å²) in [4.78, 5) is 25.0. The lowest BCUT2D eigenvalue weighted by molar-refractivity contribution is -0.148. The number of benzene rings is 1. The summed E-state index contributed by atoms with van der Waals surface area (Å²) in [5, 5.41) is 9.15. The van der Waals surface area contributed by atoms with Gasteiger partial charge in [-0.15, -0.1) is 0 Å². The van der Waals surface area contributed by atoms with Gasteiger partial charge in [-0.2, -0.15) is 0 Å². The summed E-state index contributed by atoms with van der Waals surface area (Å²) in [6, 6.07) is 9.33. The standard InChI is InChI=1S/C16H21NO3/c1-2-12(13-7-4-3-5-8-13)11-15(18)17-10-6-9-14(17)16(19)20/h3-5,7-8,12,14H,2,6,9-11H2,1H3,(H,19,20). The second kappa shape index (κ2) is 6.55. The average molecular weight is 275 g/mol. The van der Waals surface area contributed by atoms with Gasteiger partial charge >= 0.3 is 5.97 Å². The summed E-state index contributed by atoms with van der Waals surface area (Å²) < 4.78 is 0. The van der Waals surface area contributed by atoms with E-state index in [9.17, 15) is 9.59 Å². The average Bonchev–Trinajstić information content (AvgIpc) is 2.95. The van der Waals surface area contributed by atoms with E-state index in [-0.39, 0.29) is 11.8 Å². The number of hydrogen-bond acceptors (Lipinski definition) is 2. The Balaban J connectivity index is 2.04. The Hall–Kier alpha value is -1.84. The zero-order valence-electron chi connectivity index (χ0n) is 11.8. The lowest BCUT2D eigenvalue weighted by Gasteiger charge is -2.24. The first-order valence-corrected chi connectivity index (χ1v) is 7.20. The topological polar surface area (TPSA) is 57.6 Å². The first-order valence-electron chi connectivity index (χ1n) is 7.20. The number of likely N-dealkylation sites (tertiary alicyclic amines) is 1. The predicted molar refractivity (Wildman–Crippen MR) is 76.5 cm³/mol. The summed E-state index contributed by atoms with van der Waals surface area (Å²) in [7, 11) is 0. The number of aliphatic carboxylic acids is 1. The molecule has 0 saturated carbocycles. The van der Waals surface area contributed by atoms with Crippen LogP contribution in [0.3, 0.4) is 0 Å². The number of hydrogen-bond donors (Lipinski definition) is 1. The molecule has 108 valence electrons. The fourth-order valence-corrected chi connectivity index (χ4v) is 2.87. The molecule has 1 heterocycles. The third kappa shape index (κ3) is 3.18. The number of nitrogens with zero attached hydrogens (tertiary/aromatic N) is 1. The molecule has 1 saturated heterocycles. The van der Waals surface area contributed by atoms with Gasteiger partial charge in [0.2, 0.25) is 5.91 Å². The summed E-state index contributed by atoms with van der Waals surface area (Å²) >= 11 is 0. The quantitative estimate of drug-likeness (QED) is 0.898. The fourth-order valence-electron chi connectivity index (χ4n) is 2.87. The van der Waals surface area contributed by atoms with Gasteiger partial charge in [0.25, 0.3) is 0 Å². The van der Waals surface area contributed by atoms with Crippen LogP contribution in [0.25, 0.3) is 0 Å². The van der Waals surface area contributed by atoms with Crippen LogP contribution in [0.1, 0.15) is 44.1 Å². The van der Waals surface area contributed by atoms with Crippen molar-refractivity contribution in [3.05, 3.63) is 35.9 Å². The van der Waals surface area contributed by atoms with Crippen LogP contribution >= 0.6 is 0 Å². The Bertz CT molecular complexity index is 472. The van der Waals surface area contributed by atoms with Crippen molar-refractivity contribution in [1.29, 1.82) is 0 Å². The van der Waals surface area contributed by atoms with E-state index in [0.29, 0.717) is 19.4 Å². The lowest BCUT2D eigenvalue weighted by atomic mass is 9.92. The Morgan fingerprint density at radius 3 is 2.65 bits per heavy atom. The van der Waals surface area contributed by atoms with Crippen molar-refractivity contribution in [3.8, 4) is 0 Å². The molecule has 4 heteroatoms. The maximum Gasteiger partial charge on any atom is 0.326 e. The molecule has 2 atom stereocenters. The van der Waals surface area contributed by atoms with Crippen LogP contribution < -0.4 is 0 Å². The van der Waals surface area contributed by atoms with Gasteiger partial charge in [-0.3, -0.25) is 4.79 Å². The monoisotopic (exact) mass is 275 g/mol. The Morgan fingerprint density at radius 1 is 1.35 bits per heavy atom. The maximum atomic E-state index is 12.4. The van der Waals surface area contributed by atoms with Crippen molar-refractivity contribution in [3.63, 3.8) is 0 Å². The number of carbonyl (C=O) groups excluding carboxylic acids is 1. The van der Waals surface area contributed by atoms with Crippen molar-refractivity contribution in [2.24, 2.45) is 0 Å². The second-order valence-electron chi connectivity index (χ2n) is 5.30. The molecular formula is C16H21NO3. The molecule has 1 N–H and O–H groups in total. The lowest BCUT2D eigenvalue weighted by Crippen LogP contribution is -2.40. The summed E-state index contributed by atoms with van der Waals surface area (Å²) in [5.74, 6) is -0.757. The molecule has 0 aliphatic carbocycles. The molecule has 1 aliphatic rings. The minimum absolute atomic E-state index is 0.0365. The van der Waals surface area contributed by atoms with Gasteiger partial charge in [-0.25, -0.2) is 4.79 Å². The van der Waals surface area contributed by atoms with Crippen LogP contribution in [-0.4, -0.2) is 34.5 Å². The second-order valence-corrected chi connectivity index (χ2v) is 5.30. The Morgan fingerprint density at radius 2 is 2.05 bits per heavy atom. The summed E-state index contributed by atoms with van der Waals surface area (Å²) in [5.41, 5.74) is 1.15.